The van der Waals surface area contributed by atoms with Gasteiger partial charge in [-0.2, -0.15) is 4.98 Å². The van der Waals surface area contributed by atoms with E-state index in [0.29, 0.717) is 54.6 Å². The van der Waals surface area contributed by atoms with Crippen molar-refractivity contribution in [2.75, 3.05) is 61.2 Å². The van der Waals surface area contributed by atoms with Crippen LogP contribution in [0.15, 0.2) is 84.4 Å². The van der Waals surface area contributed by atoms with Crippen molar-refractivity contribution in [3.8, 4) is 11.6 Å². The number of fused-ring (bicyclic) bond motifs is 4. The van der Waals surface area contributed by atoms with Gasteiger partial charge in [0.15, 0.2) is 11.4 Å². The number of carbonyl (C=O) groups excluding carboxylic acids is 1. The number of nitrogens with zero attached hydrogens (tertiary/aromatic N) is 5. The number of aromatic amines is 1. The molecule has 3 N–H and O–H groups in total. The van der Waals surface area contributed by atoms with Crippen LogP contribution in [-0.4, -0.2) is 111 Å². The van der Waals surface area contributed by atoms with Crippen LogP contribution in [0.1, 0.15) is 93.2 Å². The largest absolute Gasteiger partial charge is 0.489 e. The first-order valence-corrected chi connectivity index (χ1v) is 26.0. The minimum atomic E-state index is -4.70. The van der Waals surface area contributed by atoms with Gasteiger partial charge in [0.2, 0.25) is 5.88 Å². The van der Waals surface area contributed by atoms with E-state index in [1.165, 1.54) is 36.5 Å². The van der Waals surface area contributed by atoms with E-state index >= 15 is 0 Å². The van der Waals surface area contributed by atoms with Crippen molar-refractivity contribution in [1.29, 1.82) is 0 Å². The molecular weight excluding hydrogens is 913 g/mol. The number of sulfonamides is 1. The zero-order valence-corrected chi connectivity index (χ0v) is 40.6. The Morgan fingerprint density at radius 1 is 1.03 bits per heavy atom. The van der Waals surface area contributed by atoms with E-state index in [0.717, 1.165) is 61.6 Å². The number of piperidine rings is 1. The molecule has 18 heteroatoms. The minimum absolute atomic E-state index is 0.0164. The lowest BCUT2D eigenvalue weighted by atomic mass is 9.59. The highest BCUT2D eigenvalue weighted by Gasteiger charge is 2.50. The topological polar surface area (TPSA) is 194 Å². The molecule has 17 nitrogen and oxygen atoms in total. The second kappa shape index (κ2) is 18.2. The average Bonchev–Trinajstić information content (AvgIpc) is 4.03. The Morgan fingerprint density at radius 2 is 1.84 bits per heavy atom. The summed E-state index contributed by atoms with van der Waals surface area (Å²) in [7, 11) is -4.70. The van der Waals surface area contributed by atoms with E-state index in [1.54, 1.807) is 12.3 Å². The van der Waals surface area contributed by atoms with Crippen molar-refractivity contribution < 1.29 is 37.1 Å². The summed E-state index contributed by atoms with van der Waals surface area (Å²) in [5.41, 5.74) is 6.35. The van der Waals surface area contributed by atoms with Gasteiger partial charge in [0, 0.05) is 61.2 Å². The number of likely N-dealkylation sites (tertiary alicyclic amines) is 1. The highest BCUT2D eigenvalue weighted by atomic mass is 32.2. The highest BCUT2D eigenvalue weighted by molar-refractivity contribution is 7.90. The maximum absolute atomic E-state index is 14.7. The van der Waals surface area contributed by atoms with Gasteiger partial charge in [-0.25, -0.2) is 13.1 Å². The Hall–Kier alpha value is -6.21. The van der Waals surface area contributed by atoms with Gasteiger partial charge in [-0.3, -0.25) is 19.8 Å². The second-order valence-electron chi connectivity index (χ2n) is 20.2. The van der Waals surface area contributed by atoms with Crippen molar-refractivity contribution in [3.05, 3.63) is 106 Å². The number of benzene rings is 3. The summed E-state index contributed by atoms with van der Waals surface area (Å²) >= 11 is 0. The third-order valence-electron chi connectivity index (χ3n) is 15.4. The Labute approximate surface area is 407 Å². The van der Waals surface area contributed by atoms with Crippen LogP contribution in [0, 0.1) is 15.5 Å². The number of allylic oxidation sites excluding steroid dienone is 1. The highest BCUT2D eigenvalue weighted by Crippen LogP contribution is 2.55. The number of aromatic nitrogens is 2. The number of hydrogen-bond donors (Lipinski definition) is 3. The molecule has 0 radical (unpaired) electrons. The molecule has 5 aromatic rings. The van der Waals surface area contributed by atoms with E-state index in [9.17, 15) is 23.3 Å². The number of amides is 1. The lowest BCUT2D eigenvalue weighted by molar-refractivity contribution is -0.384. The van der Waals surface area contributed by atoms with Crippen molar-refractivity contribution in [2.45, 2.75) is 107 Å². The van der Waals surface area contributed by atoms with Crippen molar-refractivity contribution in [2.24, 2.45) is 5.41 Å². The molecule has 368 valence electrons. The third kappa shape index (κ3) is 8.51. The van der Waals surface area contributed by atoms with Crippen LogP contribution in [0.3, 0.4) is 0 Å². The molecule has 1 saturated carbocycles. The van der Waals surface area contributed by atoms with Gasteiger partial charge in [-0.15, -0.1) is 0 Å². The predicted molar refractivity (Wildman–Crippen MR) is 267 cm³/mol. The molecule has 0 unspecified atom stereocenters. The predicted octanol–water partition coefficient (Wildman–Crippen LogP) is 8.49. The van der Waals surface area contributed by atoms with Gasteiger partial charge in [0.05, 0.1) is 52.5 Å². The molecule has 2 aromatic heterocycles. The zero-order valence-electron chi connectivity index (χ0n) is 39.8. The smallest absolute Gasteiger partial charge is 0.297 e. The van der Waals surface area contributed by atoms with Crippen LogP contribution < -0.4 is 29.3 Å². The monoisotopic (exact) mass is 972 g/mol. The SMILES string of the molecule is C=C(C)c1ccccc1[C@@H]1CCCN1C1CC2(CCN(c3ccc(C(=O)NS(=O)(=O)c4cc5c(c([N+](=O)[O-])c4)N[C@@H](COC(C)C)CO5)c(N4c5cc6cc[nH]c6nc5O[C@H]5COCC[C@H]54)c3)CC2)C1. The Morgan fingerprint density at radius 3 is 2.63 bits per heavy atom. The molecule has 7 heterocycles. The summed E-state index contributed by atoms with van der Waals surface area (Å²) in [6.45, 7) is 14.0. The average molecular weight is 973 g/mol. The number of nitrogens with one attached hydrogen (secondary N) is 3. The van der Waals surface area contributed by atoms with Gasteiger partial charge < -0.3 is 39.0 Å². The number of rotatable bonds is 12. The molecule has 3 saturated heterocycles. The molecular formula is C52H60N8O9S. The van der Waals surface area contributed by atoms with E-state index in [4.69, 9.17) is 23.9 Å². The number of nitro benzene ring substituents is 1. The number of ether oxygens (including phenoxy) is 4. The van der Waals surface area contributed by atoms with Crippen LogP contribution in [0.4, 0.5) is 28.4 Å². The molecule has 1 amide bonds. The summed E-state index contributed by atoms with van der Waals surface area (Å²) in [5, 5.41) is 16.3. The lowest BCUT2D eigenvalue weighted by Gasteiger charge is -2.56. The standard InChI is InChI=1S/C52H60N8O9S/c1-31(2)38-8-5-6-9-39(38)41-10-7-18-58(41)36-26-52(27-36)15-19-57(20-16-52)35-11-12-40(43(23-35)59-42-14-21-66-30-47(42)69-51-45(59)22-33-13-17-53-49(33)55-51)50(61)56-70(64,65)37-24-44(60(62)63)48-46(25-37)68-29-34(54-48)28-67-32(3)4/h5-6,8-9,11-13,17,22-25,32,34,36,41-42,47,54H,1,7,10,14-16,18-21,26-30H2,2-4H3,(H,53,55)(H,56,61)/t34-,41-,42+,47-/m0/s1. The molecule has 1 aliphatic carbocycles. The molecule has 5 aliphatic heterocycles. The van der Waals surface area contributed by atoms with E-state index in [1.807, 2.05) is 38.1 Å². The van der Waals surface area contributed by atoms with Gasteiger partial charge in [-0.1, -0.05) is 36.4 Å². The fourth-order valence-corrected chi connectivity index (χ4v) is 12.8. The molecule has 1 spiro atoms. The van der Waals surface area contributed by atoms with Crippen LogP contribution in [-0.2, 0) is 19.5 Å². The first kappa shape index (κ1) is 46.2. The summed E-state index contributed by atoms with van der Waals surface area (Å²) in [5.74, 6) is -0.553. The first-order chi connectivity index (χ1) is 33.7. The fourth-order valence-electron chi connectivity index (χ4n) is 11.8. The summed E-state index contributed by atoms with van der Waals surface area (Å²) in [6, 6.07) is 20.6. The Bertz CT molecular complexity index is 2980. The van der Waals surface area contributed by atoms with Gasteiger partial charge in [0.25, 0.3) is 21.6 Å². The quantitative estimate of drug-likeness (QED) is 0.0796. The van der Waals surface area contributed by atoms with Crippen LogP contribution in [0.5, 0.6) is 11.6 Å². The van der Waals surface area contributed by atoms with Crippen molar-refractivity contribution in [3.63, 3.8) is 0 Å². The van der Waals surface area contributed by atoms with E-state index in [2.05, 4.69) is 67.5 Å². The maximum Gasteiger partial charge on any atom is 0.297 e. The zero-order chi connectivity index (χ0) is 48.5. The number of hydrogen-bond acceptors (Lipinski definition) is 14. The molecule has 4 fully saturated rings. The molecule has 11 rings (SSSR count). The molecule has 0 bridgehead atoms. The number of carbonyl (C=O) groups is 1. The second-order valence-corrected chi connectivity index (χ2v) is 21.9. The minimum Gasteiger partial charge on any atom is -0.489 e. The molecule has 6 aliphatic rings. The van der Waals surface area contributed by atoms with Crippen molar-refractivity contribution in [1.82, 2.24) is 19.6 Å². The third-order valence-corrected chi connectivity index (χ3v) is 16.7. The lowest BCUT2D eigenvalue weighted by Crippen LogP contribution is -2.55. The summed E-state index contributed by atoms with van der Waals surface area (Å²) < 4.78 is 54.8. The summed E-state index contributed by atoms with van der Waals surface area (Å²) in [6.07, 6.45) is 8.65. The van der Waals surface area contributed by atoms with E-state index < -0.39 is 43.6 Å². The first-order valence-electron chi connectivity index (χ1n) is 24.6. The number of anilines is 4. The van der Waals surface area contributed by atoms with Crippen molar-refractivity contribution >= 4 is 61.0 Å². The number of H-pyrrole nitrogens is 1. The summed E-state index contributed by atoms with van der Waals surface area (Å²) in [4.78, 5) is 41.2. The molecule has 3 aromatic carbocycles. The van der Waals surface area contributed by atoms with Gasteiger partial charge >= 0.3 is 0 Å². The number of pyridine rings is 1. The normalized spacial score (nSPS) is 23.1. The molecule has 4 atom stereocenters. The van der Waals surface area contributed by atoms with Crippen LogP contribution in [0.25, 0.3) is 16.6 Å². The maximum atomic E-state index is 14.7. The Kier molecular flexibility index (Phi) is 12.0. The van der Waals surface area contributed by atoms with Gasteiger partial charge in [-0.05, 0) is 119 Å². The van der Waals surface area contributed by atoms with Gasteiger partial charge in [0.1, 0.15) is 24.0 Å². The number of nitro groups is 1. The molecule has 70 heavy (non-hydrogen) atoms. The fraction of sp³-hybridized carbons (Fsp3) is 0.462. The van der Waals surface area contributed by atoms with E-state index in [-0.39, 0.29) is 47.8 Å². The van der Waals surface area contributed by atoms with Crippen LogP contribution >= 0.6 is 0 Å². The Balaban J connectivity index is 0.887. The van der Waals surface area contributed by atoms with Crippen LogP contribution in [0.2, 0.25) is 0 Å².